The molecule has 0 amide bonds. The van der Waals surface area contributed by atoms with Gasteiger partial charge in [-0.3, -0.25) is 9.59 Å². The number of ketones is 1. The summed E-state index contributed by atoms with van der Waals surface area (Å²) in [6, 6.07) is 8.80. The Kier molecular flexibility index (Phi) is 3.45. The summed E-state index contributed by atoms with van der Waals surface area (Å²) in [4.78, 5) is 30.8. The summed E-state index contributed by atoms with van der Waals surface area (Å²) in [5, 5.41) is 1.33. The Labute approximate surface area is 152 Å². The molecule has 5 nitrogen and oxygen atoms in total. The summed E-state index contributed by atoms with van der Waals surface area (Å²) in [6.45, 7) is 0.939. The van der Waals surface area contributed by atoms with E-state index in [1.807, 2.05) is 0 Å². The predicted molar refractivity (Wildman–Crippen MR) is 97.5 cm³/mol. The molecule has 0 radical (unpaired) electrons. The number of allylic oxidation sites excluding steroid dienone is 2. The van der Waals surface area contributed by atoms with E-state index < -0.39 is 5.92 Å². The predicted octanol–water partition coefficient (Wildman–Crippen LogP) is 3.27. The lowest BCUT2D eigenvalue weighted by Crippen LogP contribution is -2.42. The molecule has 3 aliphatic rings. The van der Waals surface area contributed by atoms with Crippen LogP contribution in [0, 0.1) is 5.92 Å². The zero-order valence-electron chi connectivity index (χ0n) is 14.9. The third-order valence-corrected chi connectivity index (χ3v) is 6.29. The van der Waals surface area contributed by atoms with E-state index in [-0.39, 0.29) is 11.8 Å². The number of methoxy groups -OCH3 is 1. The Morgan fingerprint density at radius 3 is 2.88 bits per heavy atom. The van der Waals surface area contributed by atoms with E-state index in [2.05, 4.69) is 34.1 Å². The number of esters is 1. The molecule has 1 aromatic carbocycles. The maximum Gasteiger partial charge on any atom is 0.316 e. The van der Waals surface area contributed by atoms with Crippen molar-refractivity contribution in [3.05, 3.63) is 46.8 Å². The molecule has 1 aromatic heterocycles. The summed E-state index contributed by atoms with van der Waals surface area (Å²) in [7, 11) is 1.36. The lowest BCUT2D eigenvalue weighted by Gasteiger charge is -2.45. The van der Waals surface area contributed by atoms with Crippen molar-refractivity contribution in [3.8, 4) is 0 Å². The van der Waals surface area contributed by atoms with Gasteiger partial charge in [-0.25, -0.2) is 0 Å². The van der Waals surface area contributed by atoms with E-state index in [4.69, 9.17) is 4.74 Å². The number of fused-ring (bicyclic) bond motifs is 6. The summed E-state index contributed by atoms with van der Waals surface area (Å²) in [6.07, 6.45) is 4.00. The van der Waals surface area contributed by atoms with Crippen LogP contribution >= 0.6 is 0 Å². The minimum Gasteiger partial charge on any atom is -0.468 e. The number of aromatic nitrogens is 1. The van der Waals surface area contributed by atoms with Gasteiger partial charge >= 0.3 is 5.97 Å². The number of Topliss-reactive ketones (excluding diaryl/α,β-unsaturated/α-hetero) is 1. The minimum atomic E-state index is -0.608. The fourth-order valence-corrected chi connectivity index (χ4v) is 5.09. The quantitative estimate of drug-likeness (QED) is 0.633. The first-order chi connectivity index (χ1) is 12.7. The number of carbonyl (C=O) groups is 2. The highest BCUT2D eigenvalue weighted by atomic mass is 16.5. The standard InChI is InChI=1S/C21H22N2O3/c1-26-21(25)15-7-8-17-14(20(15)24)6-9-18-19-13(10-11-23(17)18)12-4-2-3-5-16(12)22-19/h2-5,15,18,22H,6-11H2,1H3. The third kappa shape index (κ3) is 2.09. The molecule has 5 rings (SSSR count). The van der Waals surface area contributed by atoms with Crippen LogP contribution in [0.2, 0.25) is 0 Å². The smallest absolute Gasteiger partial charge is 0.316 e. The highest BCUT2D eigenvalue weighted by molar-refractivity contribution is 6.09. The average molecular weight is 350 g/mol. The van der Waals surface area contributed by atoms with Crippen LogP contribution in [0.25, 0.3) is 10.9 Å². The monoisotopic (exact) mass is 350 g/mol. The van der Waals surface area contributed by atoms with Crippen LogP contribution < -0.4 is 0 Å². The number of rotatable bonds is 1. The van der Waals surface area contributed by atoms with Gasteiger partial charge in [-0.2, -0.15) is 0 Å². The van der Waals surface area contributed by atoms with Gasteiger partial charge in [-0.05, 0) is 43.7 Å². The summed E-state index contributed by atoms with van der Waals surface area (Å²) in [5.74, 6) is -1.01. The minimum absolute atomic E-state index is 0.0148. The van der Waals surface area contributed by atoms with Crippen molar-refractivity contribution in [1.82, 2.24) is 9.88 Å². The zero-order chi connectivity index (χ0) is 17.8. The topological polar surface area (TPSA) is 62.4 Å². The van der Waals surface area contributed by atoms with Crippen LogP contribution in [-0.2, 0) is 20.7 Å². The lowest BCUT2D eigenvalue weighted by atomic mass is 9.78. The van der Waals surface area contributed by atoms with E-state index in [1.165, 1.54) is 29.3 Å². The van der Waals surface area contributed by atoms with Crippen LogP contribution in [0.3, 0.4) is 0 Å². The van der Waals surface area contributed by atoms with Crippen molar-refractivity contribution in [2.75, 3.05) is 13.7 Å². The van der Waals surface area contributed by atoms with Crippen LogP contribution in [0.1, 0.15) is 43.0 Å². The van der Waals surface area contributed by atoms with Gasteiger partial charge in [0.15, 0.2) is 5.78 Å². The maximum absolute atomic E-state index is 12.8. The first-order valence-corrected chi connectivity index (χ1v) is 9.39. The number of nitrogens with one attached hydrogen (secondary N) is 1. The molecule has 0 spiro atoms. The SMILES string of the molecule is COC(=O)C1CCC2=C(CCC3c4[nH]c5ccccc5c4CCN23)C1=O. The number of para-hydroxylation sites is 1. The fourth-order valence-electron chi connectivity index (χ4n) is 5.09. The maximum atomic E-state index is 12.8. The molecule has 2 aromatic rings. The van der Waals surface area contributed by atoms with Crippen LogP contribution in [0.5, 0.6) is 0 Å². The van der Waals surface area contributed by atoms with Crippen molar-refractivity contribution < 1.29 is 14.3 Å². The van der Waals surface area contributed by atoms with Crippen LogP contribution in [0.4, 0.5) is 0 Å². The van der Waals surface area contributed by atoms with Gasteiger partial charge in [0, 0.05) is 34.4 Å². The summed E-state index contributed by atoms with van der Waals surface area (Å²) in [5.41, 5.74) is 5.97. The molecule has 0 saturated carbocycles. The molecule has 0 fully saturated rings. The molecule has 0 bridgehead atoms. The molecule has 134 valence electrons. The van der Waals surface area contributed by atoms with E-state index >= 15 is 0 Å². The zero-order valence-corrected chi connectivity index (χ0v) is 14.9. The van der Waals surface area contributed by atoms with Crippen LogP contribution in [-0.4, -0.2) is 35.3 Å². The van der Waals surface area contributed by atoms with E-state index in [1.54, 1.807) is 0 Å². The number of ether oxygens (including phenoxy) is 1. The largest absolute Gasteiger partial charge is 0.468 e. The van der Waals surface area contributed by atoms with Crippen molar-refractivity contribution in [1.29, 1.82) is 0 Å². The summed E-state index contributed by atoms with van der Waals surface area (Å²) < 4.78 is 4.83. The molecule has 0 saturated heterocycles. The van der Waals surface area contributed by atoms with Crippen molar-refractivity contribution in [2.45, 2.75) is 38.1 Å². The van der Waals surface area contributed by atoms with Gasteiger partial charge in [0.05, 0.1) is 13.2 Å². The highest BCUT2D eigenvalue weighted by Crippen LogP contribution is 2.46. The first-order valence-electron chi connectivity index (χ1n) is 9.39. The van der Waals surface area contributed by atoms with E-state index in [0.29, 0.717) is 12.5 Å². The third-order valence-electron chi connectivity index (χ3n) is 6.29. The molecule has 2 aliphatic heterocycles. The normalized spacial score (nSPS) is 25.0. The van der Waals surface area contributed by atoms with Gasteiger partial charge < -0.3 is 14.6 Å². The molecular weight excluding hydrogens is 328 g/mol. The van der Waals surface area contributed by atoms with Crippen molar-refractivity contribution in [2.24, 2.45) is 5.92 Å². The Morgan fingerprint density at radius 1 is 1.19 bits per heavy atom. The molecule has 3 heterocycles. The molecule has 26 heavy (non-hydrogen) atoms. The van der Waals surface area contributed by atoms with E-state index in [0.717, 1.165) is 43.5 Å². The molecule has 1 aliphatic carbocycles. The molecule has 1 N–H and O–H groups in total. The lowest BCUT2D eigenvalue weighted by molar-refractivity contribution is -0.149. The van der Waals surface area contributed by atoms with Gasteiger partial charge in [0.1, 0.15) is 5.92 Å². The fraction of sp³-hybridized carbons (Fsp3) is 0.429. The number of hydrogen-bond acceptors (Lipinski definition) is 4. The average Bonchev–Trinajstić information content (AvgIpc) is 3.06. The Hall–Kier alpha value is -2.56. The second kappa shape index (κ2) is 5.73. The number of benzene rings is 1. The van der Waals surface area contributed by atoms with Gasteiger partial charge in [-0.15, -0.1) is 0 Å². The van der Waals surface area contributed by atoms with Crippen molar-refractivity contribution in [3.63, 3.8) is 0 Å². The second-order valence-electron chi connectivity index (χ2n) is 7.46. The highest BCUT2D eigenvalue weighted by Gasteiger charge is 2.42. The van der Waals surface area contributed by atoms with Crippen LogP contribution in [0.15, 0.2) is 35.5 Å². The van der Waals surface area contributed by atoms with Gasteiger partial charge in [0.2, 0.25) is 0 Å². The molecule has 5 heteroatoms. The number of nitrogens with zero attached hydrogens (tertiary/aromatic N) is 1. The number of carbonyl (C=O) groups excluding carboxylic acids is 2. The van der Waals surface area contributed by atoms with Gasteiger partial charge in [0.25, 0.3) is 0 Å². The Bertz CT molecular complexity index is 955. The summed E-state index contributed by atoms with van der Waals surface area (Å²) >= 11 is 0. The Morgan fingerprint density at radius 2 is 2.04 bits per heavy atom. The number of aromatic amines is 1. The van der Waals surface area contributed by atoms with Gasteiger partial charge in [-0.1, -0.05) is 18.2 Å². The van der Waals surface area contributed by atoms with E-state index in [9.17, 15) is 9.59 Å². The molecule has 2 unspecified atom stereocenters. The number of H-pyrrole nitrogens is 1. The molecule has 2 atom stereocenters. The second-order valence-corrected chi connectivity index (χ2v) is 7.46. The Balaban J connectivity index is 1.53. The number of hydrogen-bond donors (Lipinski definition) is 1. The molecular formula is C21H22N2O3. The van der Waals surface area contributed by atoms with Crippen molar-refractivity contribution >= 4 is 22.7 Å². The first kappa shape index (κ1) is 15.7.